The minimum Gasteiger partial charge on any atom is -0.507 e. The Balaban J connectivity index is 0.00000137. The first kappa shape index (κ1) is 28.5. The fraction of sp³-hybridized carbons (Fsp3) is 0.217. The van der Waals surface area contributed by atoms with Crippen LogP contribution in [-0.4, -0.2) is 29.0 Å². The monoisotopic (exact) mass is 510 g/mol. The Hall–Kier alpha value is -3.56. The van der Waals surface area contributed by atoms with Crippen molar-refractivity contribution in [3.05, 3.63) is 73.9 Å². The van der Waals surface area contributed by atoms with Crippen molar-refractivity contribution in [3.63, 3.8) is 0 Å². The van der Waals surface area contributed by atoms with Gasteiger partial charge in [-0.05, 0) is 30.3 Å². The second-order valence-electron chi connectivity index (χ2n) is 5.88. The number of nitrogens with zero attached hydrogens (tertiary/aromatic N) is 1. The Morgan fingerprint density at radius 1 is 1.03 bits per heavy atom. The number of carbonyl (C=O) groups is 2. The van der Waals surface area contributed by atoms with Gasteiger partial charge in [-0.25, -0.2) is 4.79 Å². The third kappa shape index (κ3) is 6.72. The van der Waals surface area contributed by atoms with Gasteiger partial charge in [-0.15, -0.1) is 0 Å². The summed E-state index contributed by atoms with van der Waals surface area (Å²) in [5.74, 6) is -1.72. The first-order valence-electron chi connectivity index (χ1n) is 10.2. The molecule has 3 aromatic rings. The first-order valence-corrected chi connectivity index (χ1v) is 10.9. The minimum absolute atomic E-state index is 0.0503. The number of anilines is 1. The number of phenolic OH excluding ortho intramolecular Hbond substituents is 1. The molecule has 2 N–H and O–H groups in total. The quantitative estimate of drug-likeness (QED) is 0.215. The normalized spacial score (nSPS) is 9.62. The van der Waals surface area contributed by atoms with Crippen molar-refractivity contribution in [1.82, 2.24) is 0 Å². The molecule has 3 rings (SSSR count). The number of halogens is 2. The molecular weight excluding hydrogens is 487 g/mol. The Bertz CT molecular complexity index is 1180. The molecule has 0 saturated carbocycles. The minimum atomic E-state index is -0.744. The van der Waals surface area contributed by atoms with Crippen LogP contribution in [0.4, 0.5) is 11.4 Å². The molecule has 0 unspecified atom stereocenters. The summed E-state index contributed by atoms with van der Waals surface area (Å²) in [7, 11) is 1.20. The molecule has 11 heteroatoms. The molecule has 0 aliphatic heterocycles. The molecule has 0 saturated heterocycles. The van der Waals surface area contributed by atoms with Crippen molar-refractivity contribution < 1.29 is 28.8 Å². The highest BCUT2D eigenvalue weighted by atomic mass is 35.5. The lowest BCUT2D eigenvalue weighted by Crippen LogP contribution is -2.12. The SMILES string of the molecule is CC.CC.COC(=O)c1ccc(-c2cc(O)c(C(=O)Nc3ccc([N+](=O)[O-])cc3Cl)cc2Cl)o1. The molecular formula is C23H24Cl2N2O7. The number of aromatic hydroxyl groups is 1. The molecule has 1 heterocycles. The van der Waals surface area contributed by atoms with Gasteiger partial charge >= 0.3 is 5.97 Å². The van der Waals surface area contributed by atoms with Crippen LogP contribution in [0, 0.1) is 10.1 Å². The van der Waals surface area contributed by atoms with Crippen molar-refractivity contribution >= 4 is 46.5 Å². The summed E-state index contributed by atoms with van der Waals surface area (Å²) in [5, 5.41) is 23.5. The Morgan fingerprint density at radius 3 is 2.24 bits per heavy atom. The smallest absolute Gasteiger partial charge is 0.373 e. The number of benzene rings is 2. The summed E-state index contributed by atoms with van der Waals surface area (Å²) in [6.45, 7) is 8.00. The number of ether oxygens (including phenoxy) is 1. The zero-order valence-electron chi connectivity index (χ0n) is 19.1. The average Bonchev–Trinajstić information content (AvgIpc) is 3.33. The highest BCUT2D eigenvalue weighted by Gasteiger charge is 2.20. The lowest BCUT2D eigenvalue weighted by atomic mass is 10.1. The second kappa shape index (κ2) is 13.2. The molecule has 0 aliphatic carbocycles. The maximum Gasteiger partial charge on any atom is 0.373 e. The first-order chi connectivity index (χ1) is 16.2. The lowest BCUT2D eigenvalue weighted by Gasteiger charge is -2.10. The number of non-ortho nitro benzene ring substituents is 1. The van der Waals surface area contributed by atoms with Gasteiger partial charge in [0.15, 0.2) is 0 Å². The fourth-order valence-corrected chi connectivity index (χ4v) is 3.01. The lowest BCUT2D eigenvalue weighted by molar-refractivity contribution is -0.384. The van der Waals surface area contributed by atoms with Crippen LogP contribution in [0.25, 0.3) is 11.3 Å². The molecule has 9 nitrogen and oxygen atoms in total. The van der Waals surface area contributed by atoms with Gasteiger partial charge in [0.2, 0.25) is 5.76 Å². The predicted molar refractivity (Wildman–Crippen MR) is 131 cm³/mol. The van der Waals surface area contributed by atoms with E-state index in [0.717, 1.165) is 6.07 Å². The zero-order chi connectivity index (χ0) is 26.0. The van der Waals surface area contributed by atoms with Crippen LogP contribution in [0.2, 0.25) is 10.0 Å². The number of rotatable bonds is 5. The molecule has 2 aromatic carbocycles. The number of phenols is 1. The van der Waals surface area contributed by atoms with Crippen LogP contribution in [0.5, 0.6) is 5.75 Å². The summed E-state index contributed by atoms with van der Waals surface area (Å²) < 4.78 is 9.92. The van der Waals surface area contributed by atoms with E-state index in [9.17, 15) is 24.8 Å². The van der Waals surface area contributed by atoms with Crippen molar-refractivity contribution in [3.8, 4) is 17.1 Å². The number of esters is 1. The van der Waals surface area contributed by atoms with Crippen molar-refractivity contribution in [2.75, 3.05) is 12.4 Å². The van der Waals surface area contributed by atoms with Gasteiger partial charge in [-0.2, -0.15) is 0 Å². The van der Waals surface area contributed by atoms with E-state index in [1.807, 2.05) is 27.7 Å². The van der Waals surface area contributed by atoms with E-state index in [2.05, 4.69) is 10.1 Å². The number of hydrogen-bond donors (Lipinski definition) is 2. The van der Waals surface area contributed by atoms with Crippen LogP contribution in [0.15, 0.2) is 46.9 Å². The van der Waals surface area contributed by atoms with Gasteiger partial charge in [0, 0.05) is 17.7 Å². The number of hydrogen-bond acceptors (Lipinski definition) is 7. The number of carbonyl (C=O) groups excluding carboxylic acids is 2. The van der Waals surface area contributed by atoms with Crippen molar-refractivity contribution in [2.24, 2.45) is 0 Å². The topological polar surface area (TPSA) is 132 Å². The maximum atomic E-state index is 12.5. The van der Waals surface area contributed by atoms with Crippen LogP contribution >= 0.6 is 23.2 Å². The van der Waals surface area contributed by atoms with E-state index < -0.39 is 22.5 Å². The Morgan fingerprint density at radius 2 is 1.68 bits per heavy atom. The molecule has 1 aromatic heterocycles. The zero-order valence-corrected chi connectivity index (χ0v) is 20.7. The van der Waals surface area contributed by atoms with Gasteiger partial charge in [0.1, 0.15) is 11.5 Å². The number of nitro groups is 1. The van der Waals surface area contributed by atoms with E-state index >= 15 is 0 Å². The Kier molecular flexibility index (Phi) is 11.1. The number of amides is 1. The molecule has 0 atom stereocenters. The molecule has 0 spiro atoms. The van der Waals surface area contributed by atoms with E-state index in [1.165, 1.54) is 43.5 Å². The van der Waals surface area contributed by atoms with Gasteiger partial charge in [0.05, 0.1) is 33.3 Å². The van der Waals surface area contributed by atoms with Crippen molar-refractivity contribution in [1.29, 1.82) is 0 Å². The van der Waals surface area contributed by atoms with Gasteiger partial charge in [-0.1, -0.05) is 50.9 Å². The molecule has 182 valence electrons. The van der Waals surface area contributed by atoms with Gasteiger partial charge < -0.3 is 19.6 Å². The number of furan rings is 1. The number of nitro benzene ring substituents is 1. The predicted octanol–water partition coefficient (Wildman–Crippen LogP) is 6.96. The number of methoxy groups -OCH3 is 1. The highest BCUT2D eigenvalue weighted by Crippen LogP contribution is 2.36. The average molecular weight is 511 g/mol. The standard InChI is InChI=1S/C19H12Cl2N2O7.2C2H6/c1-29-19(26)17-5-4-16(30-17)10-8-15(24)11(7-12(10)20)18(25)22-14-3-2-9(23(27)28)6-13(14)21;2*1-2/h2-8,24H,1H3,(H,22,25);2*1-2H3. The van der Waals surface area contributed by atoms with E-state index in [1.54, 1.807) is 0 Å². The van der Waals surface area contributed by atoms with Crippen LogP contribution < -0.4 is 5.32 Å². The molecule has 0 fully saturated rings. The third-order valence-electron chi connectivity index (χ3n) is 4.00. The largest absolute Gasteiger partial charge is 0.507 e. The highest BCUT2D eigenvalue weighted by molar-refractivity contribution is 6.35. The summed E-state index contributed by atoms with van der Waals surface area (Å²) >= 11 is 12.2. The van der Waals surface area contributed by atoms with Crippen LogP contribution in [0.1, 0.15) is 48.6 Å². The summed E-state index contributed by atoms with van der Waals surface area (Å²) in [5.41, 5.74) is -0.0502. The second-order valence-corrected chi connectivity index (χ2v) is 6.69. The molecule has 34 heavy (non-hydrogen) atoms. The van der Waals surface area contributed by atoms with Crippen LogP contribution in [0.3, 0.4) is 0 Å². The van der Waals surface area contributed by atoms with E-state index in [0.29, 0.717) is 0 Å². The van der Waals surface area contributed by atoms with Crippen LogP contribution in [-0.2, 0) is 4.74 Å². The van der Waals surface area contributed by atoms with E-state index in [4.69, 9.17) is 27.6 Å². The molecule has 0 aliphatic rings. The Labute approximate surface area is 206 Å². The van der Waals surface area contributed by atoms with Gasteiger partial charge in [-0.3, -0.25) is 14.9 Å². The van der Waals surface area contributed by atoms with E-state index in [-0.39, 0.29) is 44.1 Å². The molecule has 0 radical (unpaired) electrons. The third-order valence-corrected chi connectivity index (χ3v) is 4.63. The maximum absolute atomic E-state index is 12.5. The molecule has 1 amide bonds. The summed E-state index contributed by atoms with van der Waals surface area (Å²) in [4.78, 5) is 34.2. The molecule has 0 bridgehead atoms. The summed E-state index contributed by atoms with van der Waals surface area (Å²) in [6.07, 6.45) is 0. The fourth-order valence-electron chi connectivity index (χ4n) is 2.53. The van der Waals surface area contributed by atoms with Gasteiger partial charge in [0.25, 0.3) is 11.6 Å². The summed E-state index contributed by atoms with van der Waals surface area (Å²) in [6, 6.07) is 8.78. The number of nitrogens with one attached hydrogen (secondary N) is 1. The van der Waals surface area contributed by atoms with Crippen molar-refractivity contribution in [2.45, 2.75) is 27.7 Å².